The van der Waals surface area contributed by atoms with Crippen LogP contribution < -0.4 is 0 Å². The highest BCUT2D eigenvalue weighted by Crippen LogP contribution is 2.40. The summed E-state index contributed by atoms with van der Waals surface area (Å²) < 4.78 is 6.17. The van der Waals surface area contributed by atoms with Crippen molar-refractivity contribution in [1.82, 2.24) is 19.9 Å². The molecule has 0 bridgehead atoms. The van der Waals surface area contributed by atoms with Crippen LogP contribution in [0.2, 0.25) is 0 Å². The van der Waals surface area contributed by atoms with Crippen LogP contribution in [0.1, 0.15) is 0 Å². The number of aromatic nitrogens is 4. The van der Waals surface area contributed by atoms with Crippen molar-refractivity contribution in [3.8, 4) is 56.7 Å². The molecular formula is C38H24N4O. The van der Waals surface area contributed by atoms with Crippen LogP contribution in [0.25, 0.3) is 78.6 Å². The fraction of sp³-hybridized carbons (Fsp3) is 0. The van der Waals surface area contributed by atoms with Gasteiger partial charge in [0.25, 0.3) is 0 Å². The summed E-state index contributed by atoms with van der Waals surface area (Å²) in [7, 11) is 0. The summed E-state index contributed by atoms with van der Waals surface area (Å²) in [4.78, 5) is 19.7. The molecule has 0 atom stereocenters. The molecule has 202 valence electrons. The molecule has 2 aromatic heterocycles. The van der Waals surface area contributed by atoms with E-state index in [1.165, 1.54) is 0 Å². The number of para-hydroxylation sites is 2. The number of nitrogens with zero attached hydrogens (tertiary/aromatic N) is 4. The van der Waals surface area contributed by atoms with Crippen LogP contribution >= 0.6 is 0 Å². The minimum absolute atomic E-state index is 0.606. The first-order chi connectivity index (χ1) is 21.3. The molecule has 8 aromatic rings. The smallest absolute Gasteiger partial charge is 0.227 e. The highest BCUT2D eigenvalue weighted by Gasteiger charge is 2.19. The fourth-order valence-corrected chi connectivity index (χ4v) is 5.55. The van der Waals surface area contributed by atoms with Crippen LogP contribution in [0.5, 0.6) is 0 Å². The molecule has 0 saturated carbocycles. The van der Waals surface area contributed by atoms with Crippen LogP contribution in [-0.2, 0) is 0 Å². The molecular weight excluding hydrogens is 528 g/mol. The van der Waals surface area contributed by atoms with E-state index in [9.17, 15) is 0 Å². The third-order valence-electron chi connectivity index (χ3n) is 7.61. The Labute approximate surface area is 248 Å². The van der Waals surface area contributed by atoms with E-state index in [0.29, 0.717) is 23.4 Å². The van der Waals surface area contributed by atoms with Gasteiger partial charge in [-0.1, -0.05) is 127 Å². The van der Waals surface area contributed by atoms with Crippen LogP contribution in [-0.4, -0.2) is 19.9 Å². The Morgan fingerprint density at radius 3 is 1.53 bits per heavy atom. The summed E-state index contributed by atoms with van der Waals surface area (Å²) in [5.74, 6) is 2.50. The molecule has 0 radical (unpaired) electrons. The predicted octanol–water partition coefficient (Wildman–Crippen LogP) is 9.50. The van der Waals surface area contributed by atoms with E-state index in [1.54, 1.807) is 0 Å². The SMILES string of the molecule is c1ccc(-c2nc(-c3ccccc3)nc(-c3ccccc3-c3ccc(-c4nc5ccccc5o4)c4ccccc34)n2)cc1. The van der Waals surface area contributed by atoms with Crippen LogP contribution in [0.15, 0.2) is 150 Å². The summed E-state index contributed by atoms with van der Waals surface area (Å²) in [6.07, 6.45) is 0. The maximum Gasteiger partial charge on any atom is 0.227 e. The number of oxazole rings is 1. The van der Waals surface area contributed by atoms with E-state index in [4.69, 9.17) is 24.4 Å². The Balaban J connectivity index is 1.33. The molecule has 8 rings (SSSR count). The molecule has 0 amide bonds. The van der Waals surface area contributed by atoms with Crippen molar-refractivity contribution in [2.75, 3.05) is 0 Å². The van der Waals surface area contributed by atoms with E-state index < -0.39 is 0 Å². The Kier molecular flexibility index (Phi) is 6.05. The van der Waals surface area contributed by atoms with Crippen LogP contribution in [0.4, 0.5) is 0 Å². The van der Waals surface area contributed by atoms with Gasteiger partial charge in [-0.3, -0.25) is 0 Å². The average molecular weight is 553 g/mol. The molecule has 0 saturated heterocycles. The first-order valence-electron chi connectivity index (χ1n) is 14.2. The number of hydrogen-bond acceptors (Lipinski definition) is 5. The lowest BCUT2D eigenvalue weighted by atomic mass is 9.92. The van der Waals surface area contributed by atoms with Crippen molar-refractivity contribution in [3.05, 3.63) is 146 Å². The number of fused-ring (bicyclic) bond motifs is 2. The van der Waals surface area contributed by atoms with E-state index >= 15 is 0 Å². The average Bonchev–Trinajstić information content (AvgIpc) is 3.53. The van der Waals surface area contributed by atoms with Gasteiger partial charge in [0, 0.05) is 22.3 Å². The van der Waals surface area contributed by atoms with Gasteiger partial charge in [0.2, 0.25) is 5.89 Å². The molecule has 0 N–H and O–H groups in total. The van der Waals surface area contributed by atoms with Gasteiger partial charge in [0.1, 0.15) is 5.52 Å². The van der Waals surface area contributed by atoms with E-state index in [2.05, 4.69) is 54.6 Å². The highest BCUT2D eigenvalue weighted by molar-refractivity contribution is 6.06. The van der Waals surface area contributed by atoms with Crippen molar-refractivity contribution in [3.63, 3.8) is 0 Å². The number of hydrogen-bond donors (Lipinski definition) is 0. The molecule has 43 heavy (non-hydrogen) atoms. The summed E-state index contributed by atoms with van der Waals surface area (Å²) in [6, 6.07) is 48.9. The van der Waals surface area contributed by atoms with Crippen molar-refractivity contribution in [1.29, 1.82) is 0 Å². The second kappa shape index (κ2) is 10.5. The molecule has 0 aliphatic heterocycles. The molecule has 5 nitrogen and oxygen atoms in total. The molecule has 5 heteroatoms. The van der Waals surface area contributed by atoms with Gasteiger partial charge in [-0.25, -0.2) is 19.9 Å². The van der Waals surface area contributed by atoms with Crippen molar-refractivity contribution >= 4 is 21.9 Å². The number of rotatable bonds is 5. The van der Waals surface area contributed by atoms with Gasteiger partial charge >= 0.3 is 0 Å². The molecule has 0 spiro atoms. The summed E-state index contributed by atoms with van der Waals surface area (Å²) in [6.45, 7) is 0. The zero-order chi connectivity index (χ0) is 28.6. The first-order valence-corrected chi connectivity index (χ1v) is 14.2. The first kappa shape index (κ1) is 24.8. The number of benzene rings is 6. The Hall–Kier alpha value is -5.94. The summed E-state index contributed by atoms with van der Waals surface area (Å²) >= 11 is 0. The second-order valence-corrected chi connectivity index (χ2v) is 10.3. The van der Waals surface area contributed by atoms with Gasteiger partial charge in [-0.15, -0.1) is 0 Å². The van der Waals surface area contributed by atoms with Crippen molar-refractivity contribution < 1.29 is 4.42 Å². The van der Waals surface area contributed by atoms with E-state index in [1.807, 2.05) is 91.0 Å². The fourth-order valence-electron chi connectivity index (χ4n) is 5.55. The van der Waals surface area contributed by atoms with Gasteiger partial charge in [0.15, 0.2) is 23.1 Å². The molecule has 0 aliphatic carbocycles. The highest BCUT2D eigenvalue weighted by atomic mass is 16.3. The lowest BCUT2D eigenvalue weighted by molar-refractivity contribution is 0.620. The molecule has 2 heterocycles. The Morgan fingerprint density at radius 2 is 0.860 bits per heavy atom. The summed E-state index contributed by atoms with van der Waals surface area (Å²) in [5, 5.41) is 2.15. The van der Waals surface area contributed by atoms with E-state index in [0.717, 1.165) is 55.3 Å². The van der Waals surface area contributed by atoms with Crippen molar-refractivity contribution in [2.45, 2.75) is 0 Å². The Morgan fingerprint density at radius 1 is 0.349 bits per heavy atom. The maximum absolute atomic E-state index is 6.17. The van der Waals surface area contributed by atoms with Gasteiger partial charge in [-0.05, 0) is 40.1 Å². The van der Waals surface area contributed by atoms with Crippen LogP contribution in [0.3, 0.4) is 0 Å². The lowest BCUT2D eigenvalue weighted by Crippen LogP contribution is -2.01. The predicted molar refractivity (Wildman–Crippen MR) is 172 cm³/mol. The third-order valence-corrected chi connectivity index (χ3v) is 7.61. The van der Waals surface area contributed by atoms with E-state index in [-0.39, 0.29) is 0 Å². The van der Waals surface area contributed by atoms with Gasteiger partial charge in [-0.2, -0.15) is 0 Å². The van der Waals surface area contributed by atoms with Gasteiger partial charge in [0.05, 0.1) is 0 Å². The minimum atomic E-state index is 0.606. The zero-order valence-electron chi connectivity index (χ0n) is 23.1. The quantitative estimate of drug-likeness (QED) is 0.213. The normalized spacial score (nSPS) is 11.3. The molecule has 6 aromatic carbocycles. The second-order valence-electron chi connectivity index (χ2n) is 10.3. The largest absolute Gasteiger partial charge is 0.436 e. The molecule has 0 aliphatic rings. The zero-order valence-corrected chi connectivity index (χ0v) is 23.1. The molecule has 0 unspecified atom stereocenters. The Bertz CT molecular complexity index is 2150. The maximum atomic E-state index is 6.17. The minimum Gasteiger partial charge on any atom is -0.436 e. The monoisotopic (exact) mass is 552 g/mol. The standard InChI is InChI=1S/C38H24N4O/c1-3-13-25(14-4-1)35-40-36(26-15-5-2-6-16-26)42-37(41-35)31-20-10-9-18-28(31)30-23-24-32(29-19-8-7-17-27(29)30)38-39-33-21-11-12-22-34(33)43-38/h1-24H. The van der Waals surface area contributed by atoms with Crippen LogP contribution in [0, 0.1) is 0 Å². The van der Waals surface area contributed by atoms with Gasteiger partial charge < -0.3 is 4.42 Å². The lowest BCUT2D eigenvalue weighted by Gasteiger charge is -2.14. The third kappa shape index (κ3) is 4.53. The topological polar surface area (TPSA) is 64.7 Å². The van der Waals surface area contributed by atoms with Crippen molar-refractivity contribution in [2.24, 2.45) is 0 Å². The molecule has 0 fully saturated rings. The summed E-state index contributed by atoms with van der Waals surface area (Å²) in [5.41, 5.74) is 7.48.